The summed E-state index contributed by atoms with van der Waals surface area (Å²) < 4.78 is 0. The predicted molar refractivity (Wildman–Crippen MR) is 89.8 cm³/mol. The second-order valence-corrected chi connectivity index (χ2v) is 5.39. The van der Waals surface area contributed by atoms with E-state index in [4.69, 9.17) is 0 Å². The van der Waals surface area contributed by atoms with Gasteiger partial charge in [0.15, 0.2) is 0 Å². The first-order valence-electron chi connectivity index (χ1n) is 7.79. The Kier molecular flexibility index (Phi) is 6.35. The van der Waals surface area contributed by atoms with E-state index in [0.717, 1.165) is 36.2 Å². The number of anilines is 1. The third-order valence-corrected chi connectivity index (χ3v) is 3.43. The van der Waals surface area contributed by atoms with E-state index in [1.807, 2.05) is 30.3 Å². The van der Waals surface area contributed by atoms with Crippen LogP contribution in [0.3, 0.4) is 0 Å². The maximum atomic E-state index is 11.9. The lowest BCUT2D eigenvalue weighted by molar-refractivity contribution is -0.119. The predicted octanol–water partition coefficient (Wildman–Crippen LogP) is 2.71. The fourth-order valence-electron chi connectivity index (χ4n) is 2.23. The Balaban J connectivity index is 1.68. The topological polar surface area (TPSA) is 86.9 Å². The molecule has 0 aliphatic carbocycles. The van der Waals surface area contributed by atoms with Gasteiger partial charge in [0, 0.05) is 31.8 Å². The Morgan fingerprint density at radius 1 is 1.09 bits per heavy atom. The molecule has 0 radical (unpaired) electrons. The number of rotatable bonds is 8. The standard InChI is InChI=1S/C17H22N4O2/c1-13(22)18-11-4-2-3-5-17(23)20-15-8-6-14(7-9-15)16-10-12-19-21-16/h6-10,12H,2-5,11H2,1H3,(H,18,22)(H,19,21)(H,20,23). The summed E-state index contributed by atoms with van der Waals surface area (Å²) in [5, 5.41) is 12.5. The maximum Gasteiger partial charge on any atom is 0.224 e. The van der Waals surface area contributed by atoms with Gasteiger partial charge in [-0.2, -0.15) is 5.10 Å². The minimum absolute atomic E-state index is 0.0127. The quantitative estimate of drug-likeness (QED) is 0.655. The van der Waals surface area contributed by atoms with Crippen LogP contribution in [0.2, 0.25) is 0 Å². The number of nitrogens with one attached hydrogen (secondary N) is 3. The number of benzene rings is 1. The van der Waals surface area contributed by atoms with Gasteiger partial charge in [-0.15, -0.1) is 0 Å². The lowest BCUT2D eigenvalue weighted by Gasteiger charge is -2.06. The number of amides is 2. The Labute approximate surface area is 135 Å². The Morgan fingerprint density at radius 2 is 1.87 bits per heavy atom. The molecule has 122 valence electrons. The molecule has 1 heterocycles. The molecule has 2 rings (SSSR count). The van der Waals surface area contributed by atoms with Gasteiger partial charge in [-0.3, -0.25) is 14.7 Å². The van der Waals surface area contributed by atoms with Gasteiger partial charge >= 0.3 is 0 Å². The fourth-order valence-corrected chi connectivity index (χ4v) is 2.23. The van der Waals surface area contributed by atoms with Crippen LogP contribution in [0, 0.1) is 0 Å². The molecule has 6 heteroatoms. The molecule has 0 saturated heterocycles. The molecule has 3 N–H and O–H groups in total. The highest BCUT2D eigenvalue weighted by molar-refractivity contribution is 5.90. The van der Waals surface area contributed by atoms with Crippen molar-refractivity contribution in [3.63, 3.8) is 0 Å². The van der Waals surface area contributed by atoms with E-state index < -0.39 is 0 Å². The lowest BCUT2D eigenvalue weighted by atomic mass is 10.1. The lowest BCUT2D eigenvalue weighted by Crippen LogP contribution is -2.20. The average Bonchev–Trinajstić information content (AvgIpc) is 3.05. The summed E-state index contributed by atoms with van der Waals surface area (Å²) in [5.74, 6) is 0.000127. The van der Waals surface area contributed by atoms with E-state index in [1.54, 1.807) is 6.20 Å². The highest BCUT2D eigenvalue weighted by Crippen LogP contribution is 2.19. The van der Waals surface area contributed by atoms with Gasteiger partial charge in [-0.1, -0.05) is 18.6 Å². The van der Waals surface area contributed by atoms with E-state index in [0.29, 0.717) is 13.0 Å². The van der Waals surface area contributed by atoms with Crippen LogP contribution in [0.5, 0.6) is 0 Å². The van der Waals surface area contributed by atoms with Gasteiger partial charge in [0.05, 0.1) is 5.69 Å². The molecule has 0 bridgehead atoms. The largest absolute Gasteiger partial charge is 0.356 e. The highest BCUT2D eigenvalue weighted by Gasteiger charge is 2.03. The van der Waals surface area contributed by atoms with E-state index in [9.17, 15) is 9.59 Å². The second kappa shape index (κ2) is 8.73. The number of hydrogen-bond donors (Lipinski definition) is 3. The van der Waals surface area contributed by atoms with Crippen LogP contribution in [-0.4, -0.2) is 28.6 Å². The molecular weight excluding hydrogens is 292 g/mol. The Hall–Kier alpha value is -2.63. The van der Waals surface area contributed by atoms with Crippen molar-refractivity contribution in [2.45, 2.75) is 32.6 Å². The molecule has 0 aliphatic rings. The summed E-state index contributed by atoms with van der Waals surface area (Å²) in [5.41, 5.74) is 2.76. The van der Waals surface area contributed by atoms with E-state index in [1.165, 1.54) is 6.92 Å². The van der Waals surface area contributed by atoms with Crippen molar-refractivity contribution in [3.8, 4) is 11.3 Å². The fraction of sp³-hybridized carbons (Fsp3) is 0.353. The van der Waals surface area contributed by atoms with E-state index in [2.05, 4.69) is 20.8 Å². The van der Waals surface area contributed by atoms with Crippen LogP contribution >= 0.6 is 0 Å². The highest BCUT2D eigenvalue weighted by atomic mass is 16.2. The maximum absolute atomic E-state index is 11.9. The summed E-state index contributed by atoms with van der Waals surface area (Å²) in [6, 6.07) is 9.54. The number of aromatic amines is 1. The number of aromatic nitrogens is 2. The number of hydrogen-bond acceptors (Lipinski definition) is 3. The Bertz CT molecular complexity index is 621. The van der Waals surface area contributed by atoms with Crippen LogP contribution < -0.4 is 10.6 Å². The van der Waals surface area contributed by atoms with Crippen LogP contribution in [-0.2, 0) is 9.59 Å². The van der Waals surface area contributed by atoms with Crippen LogP contribution in [0.1, 0.15) is 32.6 Å². The number of nitrogens with zero attached hydrogens (tertiary/aromatic N) is 1. The average molecular weight is 314 g/mol. The summed E-state index contributed by atoms with van der Waals surface area (Å²) in [6.45, 7) is 2.18. The normalized spacial score (nSPS) is 10.3. The van der Waals surface area contributed by atoms with Crippen molar-refractivity contribution in [1.82, 2.24) is 15.5 Å². The van der Waals surface area contributed by atoms with Crippen molar-refractivity contribution in [3.05, 3.63) is 36.5 Å². The molecule has 1 aromatic carbocycles. The first-order chi connectivity index (χ1) is 11.1. The van der Waals surface area contributed by atoms with Crippen molar-refractivity contribution in [1.29, 1.82) is 0 Å². The van der Waals surface area contributed by atoms with Crippen molar-refractivity contribution < 1.29 is 9.59 Å². The monoisotopic (exact) mass is 314 g/mol. The zero-order valence-electron chi connectivity index (χ0n) is 13.3. The molecule has 2 aromatic rings. The summed E-state index contributed by atoms with van der Waals surface area (Å²) >= 11 is 0. The van der Waals surface area contributed by atoms with Gasteiger partial charge in [0.25, 0.3) is 0 Å². The molecule has 2 amide bonds. The van der Waals surface area contributed by atoms with Gasteiger partial charge in [-0.05, 0) is 36.6 Å². The number of carbonyl (C=O) groups excluding carboxylic acids is 2. The first-order valence-corrected chi connectivity index (χ1v) is 7.79. The molecular formula is C17H22N4O2. The third kappa shape index (κ3) is 5.94. The van der Waals surface area contributed by atoms with Gasteiger partial charge in [0.2, 0.25) is 11.8 Å². The number of carbonyl (C=O) groups is 2. The van der Waals surface area contributed by atoms with Gasteiger partial charge < -0.3 is 10.6 Å². The zero-order chi connectivity index (χ0) is 16.5. The van der Waals surface area contributed by atoms with Gasteiger partial charge in [0.1, 0.15) is 0 Å². The van der Waals surface area contributed by atoms with Crippen LogP contribution in [0.15, 0.2) is 36.5 Å². The summed E-state index contributed by atoms with van der Waals surface area (Å²) in [7, 11) is 0. The molecule has 0 atom stereocenters. The second-order valence-electron chi connectivity index (χ2n) is 5.39. The molecule has 23 heavy (non-hydrogen) atoms. The number of unbranched alkanes of at least 4 members (excludes halogenated alkanes) is 2. The zero-order valence-corrected chi connectivity index (χ0v) is 13.3. The van der Waals surface area contributed by atoms with Crippen LogP contribution in [0.4, 0.5) is 5.69 Å². The molecule has 0 fully saturated rings. The van der Waals surface area contributed by atoms with Crippen molar-refractivity contribution in [2.75, 3.05) is 11.9 Å². The number of H-pyrrole nitrogens is 1. The SMILES string of the molecule is CC(=O)NCCCCCC(=O)Nc1ccc(-c2ccn[nH]2)cc1. The van der Waals surface area contributed by atoms with E-state index >= 15 is 0 Å². The third-order valence-electron chi connectivity index (χ3n) is 3.43. The van der Waals surface area contributed by atoms with Gasteiger partial charge in [-0.25, -0.2) is 0 Å². The molecule has 0 spiro atoms. The molecule has 0 aliphatic heterocycles. The smallest absolute Gasteiger partial charge is 0.224 e. The first kappa shape index (κ1) is 16.7. The van der Waals surface area contributed by atoms with Crippen LogP contribution in [0.25, 0.3) is 11.3 Å². The molecule has 0 saturated carbocycles. The summed E-state index contributed by atoms with van der Waals surface area (Å²) in [4.78, 5) is 22.6. The minimum Gasteiger partial charge on any atom is -0.356 e. The van der Waals surface area contributed by atoms with Crippen molar-refractivity contribution in [2.24, 2.45) is 0 Å². The molecule has 1 aromatic heterocycles. The minimum atomic E-state index is -0.0127. The van der Waals surface area contributed by atoms with Crippen molar-refractivity contribution >= 4 is 17.5 Å². The Morgan fingerprint density at radius 3 is 2.52 bits per heavy atom. The summed E-state index contributed by atoms with van der Waals surface area (Å²) in [6.07, 6.45) is 4.83. The molecule has 6 nitrogen and oxygen atoms in total. The molecule has 0 unspecified atom stereocenters. The van der Waals surface area contributed by atoms with E-state index in [-0.39, 0.29) is 11.8 Å².